The van der Waals surface area contributed by atoms with E-state index in [1.54, 1.807) is 24.3 Å². The highest BCUT2D eigenvalue weighted by Gasteiger charge is 2.12. The number of hydrogen-bond acceptors (Lipinski definition) is 3. The summed E-state index contributed by atoms with van der Waals surface area (Å²) < 4.78 is 25.0. The number of hydrogen-bond donors (Lipinski definition) is 1. The molecule has 0 spiro atoms. The lowest BCUT2D eigenvalue weighted by Gasteiger charge is -2.15. The zero-order valence-electron chi connectivity index (χ0n) is 13.4. The van der Waals surface area contributed by atoms with Crippen molar-refractivity contribution in [2.45, 2.75) is 27.0 Å². The second-order valence-corrected chi connectivity index (χ2v) is 5.39. The summed E-state index contributed by atoms with van der Waals surface area (Å²) in [4.78, 5) is 0. The van der Waals surface area contributed by atoms with E-state index in [1.165, 1.54) is 6.07 Å². The summed E-state index contributed by atoms with van der Waals surface area (Å²) in [6.07, 6.45) is 0. The molecule has 23 heavy (non-hydrogen) atoms. The Labute approximate surface area is 141 Å². The van der Waals surface area contributed by atoms with Gasteiger partial charge in [-0.3, -0.25) is 0 Å². The molecule has 0 aromatic heterocycles. The Balaban J connectivity index is 2.19. The summed E-state index contributed by atoms with van der Waals surface area (Å²) in [6.45, 7) is 6.07. The lowest BCUT2D eigenvalue weighted by molar-refractivity contribution is 0.265. The maximum Gasteiger partial charge on any atom is 0.163 e. The molecule has 124 valence electrons. The molecule has 0 bridgehead atoms. The first-order chi connectivity index (χ1) is 11.2. The first-order valence-electron chi connectivity index (χ1n) is 7.67. The lowest BCUT2D eigenvalue weighted by Crippen LogP contribution is -2.12. The van der Waals surface area contributed by atoms with Gasteiger partial charge >= 0.3 is 0 Å². The minimum absolute atomic E-state index is 0.121. The van der Waals surface area contributed by atoms with Gasteiger partial charge in [-0.1, -0.05) is 36.7 Å². The van der Waals surface area contributed by atoms with E-state index in [0.717, 1.165) is 12.1 Å². The molecule has 1 N–H and O–H groups in total. The van der Waals surface area contributed by atoms with Gasteiger partial charge in [-0.15, -0.1) is 0 Å². The van der Waals surface area contributed by atoms with Crippen molar-refractivity contribution in [3.63, 3.8) is 0 Å². The first kappa shape index (κ1) is 17.6. The van der Waals surface area contributed by atoms with Crippen LogP contribution in [0.25, 0.3) is 0 Å². The highest BCUT2D eigenvalue weighted by Crippen LogP contribution is 2.34. The van der Waals surface area contributed by atoms with Crippen molar-refractivity contribution >= 4 is 11.6 Å². The number of ether oxygens (including phenoxy) is 2. The summed E-state index contributed by atoms with van der Waals surface area (Å²) in [7, 11) is 0. The van der Waals surface area contributed by atoms with Crippen molar-refractivity contribution in [2.75, 3.05) is 13.2 Å². The minimum Gasteiger partial charge on any atom is -0.490 e. The van der Waals surface area contributed by atoms with Gasteiger partial charge < -0.3 is 14.8 Å². The van der Waals surface area contributed by atoms with E-state index in [0.29, 0.717) is 35.2 Å². The molecule has 5 heteroatoms. The number of nitrogens with one attached hydrogen (secondary N) is 1. The third kappa shape index (κ3) is 4.85. The molecule has 0 amide bonds. The van der Waals surface area contributed by atoms with Crippen LogP contribution in [0.3, 0.4) is 0 Å². The van der Waals surface area contributed by atoms with Crippen LogP contribution in [0.4, 0.5) is 4.39 Å². The van der Waals surface area contributed by atoms with E-state index >= 15 is 0 Å². The van der Waals surface area contributed by atoms with Gasteiger partial charge in [0.05, 0.1) is 6.61 Å². The lowest BCUT2D eigenvalue weighted by atomic mass is 10.2. The van der Waals surface area contributed by atoms with Crippen molar-refractivity contribution in [3.05, 3.63) is 58.4 Å². The molecule has 2 rings (SSSR count). The van der Waals surface area contributed by atoms with Crippen LogP contribution in [0, 0.1) is 5.82 Å². The molecule has 2 aromatic carbocycles. The second-order valence-electron chi connectivity index (χ2n) is 4.98. The Morgan fingerprint density at radius 3 is 2.48 bits per heavy atom. The third-order valence-corrected chi connectivity index (χ3v) is 3.67. The maximum atomic E-state index is 13.7. The normalized spacial score (nSPS) is 10.6. The zero-order chi connectivity index (χ0) is 16.7. The number of halogens is 2. The van der Waals surface area contributed by atoms with Crippen LogP contribution in [-0.4, -0.2) is 13.2 Å². The topological polar surface area (TPSA) is 30.5 Å². The highest BCUT2D eigenvalue weighted by molar-refractivity contribution is 6.31. The molecule has 0 fully saturated rings. The van der Waals surface area contributed by atoms with Crippen LogP contribution in [0.15, 0.2) is 36.4 Å². The van der Waals surface area contributed by atoms with Crippen molar-refractivity contribution in [3.8, 4) is 11.5 Å². The van der Waals surface area contributed by atoms with Crippen LogP contribution in [0.5, 0.6) is 11.5 Å². The second kappa shape index (κ2) is 8.75. The number of rotatable bonds is 8. The molecule has 0 aliphatic rings. The van der Waals surface area contributed by atoms with E-state index in [9.17, 15) is 4.39 Å². The van der Waals surface area contributed by atoms with E-state index in [4.69, 9.17) is 21.1 Å². The first-order valence-corrected chi connectivity index (χ1v) is 8.05. The quantitative estimate of drug-likeness (QED) is 0.765. The van der Waals surface area contributed by atoms with Crippen LogP contribution in [0.1, 0.15) is 25.0 Å². The van der Waals surface area contributed by atoms with Gasteiger partial charge in [-0.25, -0.2) is 4.39 Å². The molecule has 0 radical (unpaired) electrons. The van der Waals surface area contributed by atoms with Crippen LogP contribution >= 0.6 is 11.6 Å². The molecule has 0 saturated carbocycles. The van der Waals surface area contributed by atoms with E-state index < -0.39 is 0 Å². The Hall–Kier alpha value is -1.78. The van der Waals surface area contributed by atoms with Crippen LogP contribution in [0.2, 0.25) is 5.02 Å². The smallest absolute Gasteiger partial charge is 0.163 e. The predicted octanol–water partition coefficient (Wildman–Crippen LogP) is 4.57. The summed E-state index contributed by atoms with van der Waals surface area (Å²) in [5.74, 6) is 0.835. The van der Waals surface area contributed by atoms with Gasteiger partial charge in [0.2, 0.25) is 0 Å². The Morgan fingerprint density at radius 2 is 1.78 bits per heavy atom. The van der Waals surface area contributed by atoms with Crippen molar-refractivity contribution < 1.29 is 13.9 Å². The molecule has 2 aromatic rings. The average Bonchev–Trinajstić information content (AvgIpc) is 2.55. The summed E-state index contributed by atoms with van der Waals surface area (Å²) in [6, 6.07) is 10.1. The monoisotopic (exact) mass is 337 g/mol. The van der Waals surface area contributed by atoms with E-state index in [2.05, 4.69) is 5.32 Å². The van der Waals surface area contributed by atoms with Gasteiger partial charge in [0.1, 0.15) is 12.4 Å². The maximum absolute atomic E-state index is 13.7. The van der Waals surface area contributed by atoms with Crippen molar-refractivity contribution in [1.82, 2.24) is 5.32 Å². The standard InChI is InChI=1S/C18H21ClFNO2/c1-3-21-11-14-9-17(22-4-2)18(10-15(14)19)23-12-13-7-5-6-8-16(13)20/h5-10,21H,3-4,11-12H2,1-2H3. The van der Waals surface area contributed by atoms with Crippen LogP contribution in [-0.2, 0) is 13.2 Å². The summed E-state index contributed by atoms with van der Waals surface area (Å²) >= 11 is 6.30. The van der Waals surface area contributed by atoms with Crippen molar-refractivity contribution in [1.29, 1.82) is 0 Å². The fraction of sp³-hybridized carbons (Fsp3) is 0.333. The third-order valence-electron chi connectivity index (χ3n) is 3.32. The fourth-order valence-electron chi connectivity index (χ4n) is 2.12. The molecule has 0 aliphatic carbocycles. The molecule has 3 nitrogen and oxygen atoms in total. The zero-order valence-corrected chi connectivity index (χ0v) is 14.1. The average molecular weight is 338 g/mol. The van der Waals surface area contributed by atoms with Crippen molar-refractivity contribution in [2.24, 2.45) is 0 Å². The molecular formula is C18H21ClFNO2. The summed E-state index contributed by atoms with van der Waals surface area (Å²) in [5, 5.41) is 3.82. The minimum atomic E-state index is -0.291. The van der Waals surface area contributed by atoms with Gasteiger partial charge in [-0.2, -0.15) is 0 Å². The van der Waals surface area contributed by atoms with E-state index in [1.807, 2.05) is 19.9 Å². The molecular weight excluding hydrogens is 317 g/mol. The Kier molecular flexibility index (Phi) is 6.68. The van der Waals surface area contributed by atoms with E-state index in [-0.39, 0.29) is 12.4 Å². The highest BCUT2D eigenvalue weighted by atomic mass is 35.5. The van der Waals surface area contributed by atoms with Gasteiger partial charge in [0.25, 0.3) is 0 Å². The molecule has 0 saturated heterocycles. The largest absolute Gasteiger partial charge is 0.490 e. The SMILES string of the molecule is CCNCc1cc(OCC)c(OCc2ccccc2F)cc1Cl. The Morgan fingerprint density at radius 1 is 1.04 bits per heavy atom. The number of benzene rings is 2. The summed E-state index contributed by atoms with van der Waals surface area (Å²) in [5.41, 5.74) is 1.43. The molecule has 0 aliphatic heterocycles. The Bertz CT molecular complexity index is 649. The van der Waals surface area contributed by atoms with Gasteiger partial charge in [-0.05, 0) is 31.2 Å². The molecule has 0 heterocycles. The molecule has 0 unspecified atom stereocenters. The van der Waals surface area contributed by atoms with Crippen LogP contribution < -0.4 is 14.8 Å². The fourth-order valence-corrected chi connectivity index (χ4v) is 2.34. The predicted molar refractivity (Wildman–Crippen MR) is 90.7 cm³/mol. The van der Waals surface area contributed by atoms with Gasteiger partial charge in [0, 0.05) is 23.2 Å². The molecule has 0 atom stereocenters. The van der Waals surface area contributed by atoms with Gasteiger partial charge in [0.15, 0.2) is 11.5 Å².